The van der Waals surface area contributed by atoms with Crippen molar-refractivity contribution in [1.29, 1.82) is 0 Å². The maximum atomic E-state index is 13.3. The van der Waals surface area contributed by atoms with E-state index in [2.05, 4.69) is 55.7 Å². The number of halogens is 1. The molecule has 0 aliphatic carbocycles. The van der Waals surface area contributed by atoms with Crippen LogP contribution in [0.15, 0.2) is 77.7 Å². The summed E-state index contributed by atoms with van der Waals surface area (Å²) in [6.45, 7) is 8.24. The van der Waals surface area contributed by atoms with E-state index in [1.807, 2.05) is 30.3 Å². The van der Waals surface area contributed by atoms with Gasteiger partial charge in [-0.1, -0.05) is 67.9 Å². The highest BCUT2D eigenvalue weighted by Gasteiger charge is 2.32. The molecule has 1 aliphatic heterocycles. The second kappa shape index (κ2) is 10.0. The summed E-state index contributed by atoms with van der Waals surface area (Å²) >= 11 is 6.25. The zero-order valence-electron chi connectivity index (χ0n) is 21.1. The van der Waals surface area contributed by atoms with Gasteiger partial charge in [0.15, 0.2) is 0 Å². The van der Waals surface area contributed by atoms with Crippen LogP contribution >= 0.6 is 11.6 Å². The van der Waals surface area contributed by atoms with Gasteiger partial charge in [-0.15, -0.1) is 0 Å². The average Bonchev–Trinajstić information content (AvgIpc) is 3.15. The highest BCUT2D eigenvalue weighted by atomic mass is 35.5. The van der Waals surface area contributed by atoms with Crippen LogP contribution in [0.25, 0.3) is 10.9 Å². The summed E-state index contributed by atoms with van der Waals surface area (Å²) in [5.74, 6) is 0.701. The molecular weight excluding hydrogens is 488 g/mol. The molecular formula is C30H33ClN2O2S. The molecule has 0 atom stereocenters. The van der Waals surface area contributed by atoms with Gasteiger partial charge in [-0.3, -0.25) is 0 Å². The van der Waals surface area contributed by atoms with Crippen LogP contribution in [-0.4, -0.2) is 30.4 Å². The summed E-state index contributed by atoms with van der Waals surface area (Å²) in [5.41, 5.74) is 6.14. The summed E-state index contributed by atoms with van der Waals surface area (Å²) in [6.07, 6.45) is 1.63. The number of rotatable bonds is 6. The standard InChI is InChI=1S/C30H33ClN2O2S/c1-21(2)24-11-13-27(14-12-24)36(34,35)32-17-15-25(16-18-32)30-22(3)33(29-10-5-4-9-28(29)30)20-23-7-6-8-26(31)19-23/h4-14,19,21,25H,15-18,20H2,1-3H3. The molecule has 0 spiro atoms. The minimum Gasteiger partial charge on any atom is -0.340 e. The van der Waals surface area contributed by atoms with Gasteiger partial charge in [0.25, 0.3) is 0 Å². The molecule has 0 bridgehead atoms. The highest BCUT2D eigenvalue weighted by Crippen LogP contribution is 2.39. The fraction of sp³-hybridized carbons (Fsp3) is 0.333. The van der Waals surface area contributed by atoms with E-state index >= 15 is 0 Å². The first kappa shape index (κ1) is 25.1. The van der Waals surface area contributed by atoms with Gasteiger partial charge in [0.05, 0.1) is 4.90 Å². The molecule has 1 aromatic heterocycles. The van der Waals surface area contributed by atoms with Crippen LogP contribution in [0.2, 0.25) is 5.02 Å². The molecule has 36 heavy (non-hydrogen) atoms. The van der Waals surface area contributed by atoms with Gasteiger partial charge < -0.3 is 4.57 Å². The number of sulfonamides is 1. The van der Waals surface area contributed by atoms with Crippen LogP contribution in [0.4, 0.5) is 0 Å². The molecule has 0 radical (unpaired) electrons. The molecule has 0 N–H and O–H groups in total. The predicted molar refractivity (Wildman–Crippen MR) is 148 cm³/mol. The van der Waals surface area contributed by atoms with Gasteiger partial charge in [-0.2, -0.15) is 4.31 Å². The first-order valence-electron chi connectivity index (χ1n) is 12.7. The number of hydrogen-bond donors (Lipinski definition) is 0. The lowest BCUT2D eigenvalue weighted by Crippen LogP contribution is -2.38. The minimum absolute atomic E-state index is 0.324. The minimum atomic E-state index is -3.49. The summed E-state index contributed by atoms with van der Waals surface area (Å²) < 4.78 is 30.7. The van der Waals surface area contributed by atoms with Crippen molar-refractivity contribution in [3.63, 3.8) is 0 Å². The Hall–Kier alpha value is -2.60. The third-order valence-electron chi connectivity index (χ3n) is 7.56. The van der Waals surface area contributed by atoms with Crippen LogP contribution in [0.1, 0.15) is 60.9 Å². The summed E-state index contributed by atoms with van der Waals surface area (Å²) in [6, 6.07) is 23.9. The van der Waals surface area contributed by atoms with Crippen molar-refractivity contribution in [2.24, 2.45) is 0 Å². The van der Waals surface area contributed by atoms with E-state index in [1.165, 1.54) is 27.7 Å². The van der Waals surface area contributed by atoms with Gasteiger partial charge in [0, 0.05) is 41.3 Å². The van der Waals surface area contributed by atoms with Crippen molar-refractivity contribution in [1.82, 2.24) is 8.87 Å². The van der Waals surface area contributed by atoms with Crippen LogP contribution < -0.4 is 0 Å². The van der Waals surface area contributed by atoms with Crippen molar-refractivity contribution < 1.29 is 8.42 Å². The lowest BCUT2D eigenvalue weighted by Gasteiger charge is -2.31. The van der Waals surface area contributed by atoms with Crippen molar-refractivity contribution in [2.75, 3.05) is 13.1 Å². The summed E-state index contributed by atoms with van der Waals surface area (Å²) in [7, 11) is -3.49. The molecule has 0 amide bonds. The Labute approximate surface area is 219 Å². The van der Waals surface area contributed by atoms with E-state index in [9.17, 15) is 8.42 Å². The topological polar surface area (TPSA) is 42.3 Å². The Morgan fingerprint density at radius 2 is 1.64 bits per heavy atom. The SMILES string of the molecule is Cc1c(C2CCN(S(=O)(=O)c3ccc(C(C)C)cc3)CC2)c2ccccc2n1Cc1cccc(Cl)c1. The average molecular weight is 521 g/mol. The van der Waals surface area contributed by atoms with Crippen molar-refractivity contribution in [2.45, 2.75) is 56.9 Å². The lowest BCUT2D eigenvalue weighted by atomic mass is 9.88. The smallest absolute Gasteiger partial charge is 0.243 e. The second-order valence-corrected chi connectivity index (χ2v) is 12.5. The Balaban J connectivity index is 1.39. The normalized spacial score (nSPS) is 15.7. The molecule has 5 rings (SSSR count). The number of para-hydroxylation sites is 1. The summed E-state index contributed by atoms with van der Waals surface area (Å²) in [5, 5.41) is 2.01. The summed E-state index contributed by atoms with van der Waals surface area (Å²) in [4.78, 5) is 0.389. The molecule has 188 valence electrons. The van der Waals surface area contributed by atoms with E-state index in [4.69, 9.17) is 11.6 Å². The Bertz CT molecular complexity index is 1480. The number of aromatic nitrogens is 1. The number of piperidine rings is 1. The fourth-order valence-corrected chi connectivity index (χ4v) is 7.24. The molecule has 0 unspecified atom stereocenters. The van der Waals surface area contributed by atoms with Crippen LogP contribution in [0.3, 0.4) is 0 Å². The first-order chi connectivity index (χ1) is 17.3. The highest BCUT2D eigenvalue weighted by molar-refractivity contribution is 7.89. The van der Waals surface area contributed by atoms with Crippen LogP contribution in [0, 0.1) is 6.92 Å². The van der Waals surface area contributed by atoms with Crippen molar-refractivity contribution >= 4 is 32.5 Å². The number of benzene rings is 3. The van der Waals surface area contributed by atoms with Crippen molar-refractivity contribution in [3.05, 3.63) is 100 Å². The van der Waals surface area contributed by atoms with E-state index in [-0.39, 0.29) is 0 Å². The predicted octanol–water partition coefficient (Wildman–Crippen LogP) is 7.34. The van der Waals surface area contributed by atoms with Gasteiger partial charge >= 0.3 is 0 Å². The van der Waals surface area contributed by atoms with Crippen molar-refractivity contribution in [3.8, 4) is 0 Å². The largest absolute Gasteiger partial charge is 0.340 e. The zero-order chi connectivity index (χ0) is 25.4. The molecule has 1 aliphatic rings. The second-order valence-electron chi connectivity index (χ2n) is 10.1. The van der Waals surface area contributed by atoms with E-state index in [0.29, 0.717) is 29.8 Å². The fourth-order valence-electron chi connectivity index (χ4n) is 5.55. The Morgan fingerprint density at radius 1 is 0.944 bits per heavy atom. The van der Waals surface area contributed by atoms with Gasteiger partial charge in [-0.05, 0) is 78.6 Å². The lowest BCUT2D eigenvalue weighted by molar-refractivity contribution is 0.319. The van der Waals surface area contributed by atoms with E-state index in [0.717, 1.165) is 30.0 Å². The molecule has 6 heteroatoms. The number of nitrogens with zero attached hydrogens (tertiary/aromatic N) is 2. The quantitative estimate of drug-likeness (QED) is 0.267. The van der Waals surface area contributed by atoms with E-state index in [1.54, 1.807) is 16.4 Å². The van der Waals surface area contributed by atoms with Gasteiger partial charge in [0.1, 0.15) is 0 Å². The molecule has 0 saturated carbocycles. The maximum Gasteiger partial charge on any atom is 0.243 e. The number of fused-ring (bicyclic) bond motifs is 1. The molecule has 1 fully saturated rings. The third-order valence-corrected chi connectivity index (χ3v) is 9.70. The monoisotopic (exact) mass is 520 g/mol. The molecule has 2 heterocycles. The van der Waals surface area contributed by atoms with Crippen LogP contribution in [-0.2, 0) is 16.6 Å². The molecule has 4 aromatic rings. The number of hydrogen-bond acceptors (Lipinski definition) is 2. The maximum absolute atomic E-state index is 13.3. The molecule has 4 nitrogen and oxygen atoms in total. The third kappa shape index (κ3) is 4.72. The van der Waals surface area contributed by atoms with E-state index < -0.39 is 10.0 Å². The Kier molecular flexibility index (Phi) is 6.99. The zero-order valence-corrected chi connectivity index (χ0v) is 22.7. The molecule has 1 saturated heterocycles. The Morgan fingerprint density at radius 3 is 2.31 bits per heavy atom. The first-order valence-corrected chi connectivity index (χ1v) is 14.5. The van der Waals surface area contributed by atoms with Gasteiger partial charge in [0.2, 0.25) is 10.0 Å². The molecule has 3 aromatic carbocycles. The van der Waals surface area contributed by atoms with Crippen LogP contribution in [0.5, 0.6) is 0 Å². The van der Waals surface area contributed by atoms with Gasteiger partial charge in [-0.25, -0.2) is 8.42 Å².